The van der Waals surface area contributed by atoms with Crippen molar-refractivity contribution < 1.29 is 9.59 Å². The summed E-state index contributed by atoms with van der Waals surface area (Å²) in [6.45, 7) is 2.07. The molecular weight excluding hydrogens is 168 g/mol. The topological polar surface area (TPSA) is 62.8 Å². The molecule has 1 aromatic heterocycles. The van der Waals surface area contributed by atoms with Crippen LogP contribution in [0.1, 0.15) is 5.56 Å². The number of aromatic amines is 1. The highest BCUT2D eigenvalue weighted by Crippen LogP contribution is 2.10. The van der Waals surface area contributed by atoms with Crippen LogP contribution in [-0.4, -0.2) is 16.3 Å². The van der Waals surface area contributed by atoms with Crippen LogP contribution in [0.15, 0.2) is 24.4 Å². The van der Waals surface area contributed by atoms with Crippen LogP contribution >= 0.6 is 0 Å². The fraction of sp³-hybridized carbons (Fsp3) is 0.111. The normalized spacial score (nSPS) is 8.69. The molecule has 0 fully saturated rings. The van der Waals surface area contributed by atoms with E-state index >= 15 is 0 Å². The third-order valence-electron chi connectivity index (χ3n) is 1.60. The number of benzene rings is 1. The standard InChI is InChI=1S/C8H8N2.CO2/c1-6-2-3-7-5-9-10-8(7)4-6;2-1-3/h2-5H,1H3,(H,9,10);. The van der Waals surface area contributed by atoms with Crippen molar-refractivity contribution in [1.29, 1.82) is 0 Å². The van der Waals surface area contributed by atoms with Crippen molar-refractivity contribution in [2.75, 3.05) is 0 Å². The maximum absolute atomic E-state index is 8.12. The highest BCUT2D eigenvalue weighted by molar-refractivity contribution is 5.78. The number of hydrogen-bond acceptors (Lipinski definition) is 3. The van der Waals surface area contributed by atoms with Gasteiger partial charge in [-0.05, 0) is 18.6 Å². The Bertz CT molecular complexity index is 428. The minimum atomic E-state index is 0.250. The predicted octanol–water partition coefficient (Wildman–Crippen LogP) is 1.29. The number of aromatic nitrogens is 2. The van der Waals surface area contributed by atoms with E-state index in [1.54, 1.807) is 0 Å². The molecule has 0 radical (unpaired) electrons. The highest BCUT2D eigenvalue weighted by atomic mass is 16.2. The van der Waals surface area contributed by atoms with E-state index in [-0.39, 0.29) is 6.15 Å². The molecule has 1 aromatic carbocycles. The Labute approximate surface area is 74.6 Å². The molecule has 0 spiro atoms. The number of hydrogen-bond donors (Lipinski definition) is 1. The summed E-state index contributed by atoms with van der Waals surface area (Å²) < 4.78 is 0. The van der Waals surface area contributed by atoms with Crippen molar-refractivity contribution in [3.8, 4) is 0 Å². The van der Waals surface area contributed by atoms with Gasteiger partial charge in [0.25, 0.3) is 0 Å². The van der Waals surface area contributed by atoms with E-state index in [4.69, 9.17) is 9.59 Å². The quantitative estimate of drug-likeness (QED) is 0.657. The van der Waals surface area contributed by atoms with Crippen LogP contribution in [0.5, 0.6) is 0 Å². The third-order valence-corrected chi connectivity index (χ3v) is 1.60. The van der Waals surface area contributed by atoms with Crippen molar-refractivity contribution in [2.45, 2.75) is 6.92 Å². The van der Waals surface area contributed by atoms with Crippen molar-refractivity contribution in [2.24, 2.45) is 0 Å². The summed E-state index contributed by atoms with van der Waals surface area (Å²) >= 11 is 0. The number of nitrogens with zero attached hydrogens (tertiary/aromatic N) is 1. The van der Waals surface area contributed by atoms with Crippen LogP contribution in [0.2, 0.25) is 0 Å². The molecular formula is C9H8N2O2. The first-order chi connectivity index (χ1) is 6.27. The molecule has 66 valence electrons. The zero-order valence-corrected chi connectivity index (χ0v) is 7.07. The summed E-state index contributed by atoms with van der Waals surface area (Å²) in [5.74, 6) is 0. The molecule has 0 saturated heterocycles. The van der Waals surface area contributed by atoms with Crippen LogP contribution in [0.4, 0.5) is 0 Å². The number of rotatable bonds is 0. The van der Waals surface area contributed by atoms with Gasteiger partial charge in [-0.15, -0.1) is 0 Å². The minimum absolute atomic E-state index is 0.250. The number of fused-ring (bicyclic) bond motifs is 1. The van der Waals surface area contributed by atoms with Gasteiger partial charge >= 0.3 is 6.15 Å². The monoisotopic (exact) mass is 176 g/mol. The molecule has 2 aromatic rings. The molecule has 0 aliphatic heterocycles. The van der Waals surface area contributed by atoms with E-state index in [2.05, 4.69) is 35.3 Å². The molecule has 0 saturated carbocycles. The van der Waals surface area contributed by atoms with Gasteiger partial charge in [0.15, 0.2) is 0 Å². The lowest BCUT2D eigenvalue weighted by Gasteiger charge is -1.89. The number of nitrogens with one attached hydrogen (secondary N) is 1. The van der Waals surface area contributed by atoms with Crippen molar-refractivity contribution in [3.05, 3.63) is 30.0 Å². The molecule has 0 aliphatic carbocycles. The van der Waals surface area contributed by atoms with E-state index in [0.29, 0.717) is 0 Å². The van der Waals surface area contributed by atoms with Gasteiger partial charge in [-0.25, -0.2) is 0 Å². The van der Waals surface area contributed by atoms with Gasteiger partial charge < -0.3 is 0 Å². The number of carbonyl (C=O) groups excluding carboxylic acids is 2. The molecule has 0 bridgehead atoms. The Kier molecular flexibility index (Phi) is 2.95. The molecule has 0 amide bonds. The summed E-state index contributed by atoms with van der Waals surface area (Å²) in [5, 5.41) is 8.00. The molecule has 13 heavy (non-hydrogen) atoms. The average Bonchev–Trinajstić information content (AvgIpc) is 2.52. The Hall–Kier alpha value is -1.93. The SMILES string of the molecule is Cc1ccc2cn[nH]c2c1.O=C=O. The van der Waals surface area contributed by atoms with E-state index in [1.807, 2.05) is 6.20 Å². The predicted molar refractivity (Wildman–Crippen MR) is 45.8 cm³/mol. The lowest BCUT2D eigenvalue weighted by Crippen LogP contribution is -1.70. The van der Waals surface area contributed by atoms with Crippen LogP contribution in [-0.2, 0) is 9.59 Å². The van der Waals surface area contributed by atoms with Crippen molar-refractivity contribution in [3.63, 3.8) is 0 Å². The minimum Gasteiger partial charge on any atom is -0.278 e. The highest BCUT2D eigenvalue weighted by Gasteiger charge is 1.92. The van der Waals surface area contributed by atoms with Crippen LogP contribution in [0, 0.1) is 6.92 Å². The van der Waals surface area contributed by atoms with Crippen LogP contribution in [0.25, 0.3) is 10.9 Å². The Balaban J connectivity index is 0.000000251. The second-order valence-corrected chi connectivity index (χ2v) is 2.54. The molecule has 1 heterocycles. The number of aryl methyl sites for hydroxylation is 1. The van der Waals surface area contributed by atoms with E-state index in [1.165, 1.54) is 10.9 Å². The molecule has 4 heteroatoms. The van der Waals surface area contributed by atoms with Gasteiger partial charge in [-0.3, -0.25) is 5.10 Å². The zero-order valence-electron chi connectivity index (χ0n) is 7.07. The Morgan fingerprint density at radius 1 is 1.38 bits per heavy atom. The van der Waals surface area contributed by atoms with Crippen molar-refractivity contribution in [1.82, 2.24) is 10.2 Å². The lowest BCUT2D eigenvalue weighted by molar-refractivity contribution is -0.191. The van der Waals surface area contributed by atoms with Gasteiger partial charge in [0, 0.05) is 5.39 Å². The van der Waals surface area contributed by atoms with Gasteiger partial charge in [0.2, 0.25) is 0 Å². The molecule has 1 N–H and O–H groups in total. The van der Waals surface area contributed by atoms with Gasteiger partial charge in [0.05, 0.1) is 11.7 Å². The largest absolute Gasteiger partial charge is 0.373 e. The second-order valence-electron chi connectivity index (χ2n) is 2.54. The second kappa shape index (κ2) is 4.18. The molecule has 4 nitrogen and oxygen atoms in total. The first-order valence-corrected chi connectivity index (χ1v) is 3.67. The van der Waals surface area contributed by atoms with Crippen molar-refractivity contribution >= 4 is 17.1 Å². The maximum Gasteiger partial charge on any atom is 0.373 e. The zero-order chi connectivity index (χ0) is 9.68. The first-order valence-electron chi connectivity index (χ1n) is 3.67. The summed E-state index contributed by atoms with van der Waals surface area (Å²) in [4.78, 5) is 16.2. The summed E-state index contributed by atoms with van der Waals surface area (Å²) in [6, 6.07) is 6.23. The molecule has 0 aliphatic rings. The first kappa shape index (κ1) is 9.16. The van der Waals surface area contributed by atoms with Gasteiger partial charge in [-0.1, -0.05) is 12.1 Å². The van der Waals surface area contributed by atoms with E-state index < -0.39 is 0 Å². The van der Waals surface area contributed by atoms with Gasteiger partial charge in [-0.2, -0.15) is 14.7 Å². The van der Waals surface area contributed by atoms with Crippen LogP contribution in [0.3, 0.4) is 0 Å². The molecule has 2 rings (SSSR count). The molecule has 0 unspecified atom stereocenters. The lowest BCUT2D eigenvalue weighted by atomic mass is 10.2. The average molecular weight is 176 g/mol. The Morgan fingerprint density at radius 3 is 2.77 bits per heavy atom. The molecule has 0 atom stereocenters. The van der Waals surface area contributed by atoms with Gasteiger partial charge in [0.1, 0.15) is 0 Å². The third kappa shape index (κ3) is 2.25. The Morgan fingerprint density at radius 2 is 2.08 bits per heavy atom. The maximum atomic E-state index is 8.12. The fourth-order valence-corrected chi connectivity index (χ4v) is 1.05. The fourth-order valence-electron chi connectivity index (χ4n) is 1.05. The van der Waals surface area contributed by atoms with E-state index in [0.717, 1.165) is 5.52 Å². The smallest absolute Gasteiger partial charge is 0.278 e. The summed E-state index contributed by atoms with van der Waals surface area (Å²) in [5.41, 5.74) is 2.37. The number of H-pyrrole nitrogens is 1. The summed E-state index contributed by atoms with van der Waals surface area (Å²) in [7, 11) is 0. The van der Waals surface area contributed by atoms with Crippen LogP contribution < -0.4 is 0 Å². The summed E-state index contributed by atoms with van der Waals surface area (Å²) in [6.07, 6.45) is 2.08. The van der Waals surface area contributed by atoms with E-state index in [9.17, 15) is 0 Å².